The average molecular weight is 244 g/mol. The van der Waals surface area contributed by atoms with Gasteiger partial charge in [-0.1, -0.05) is 12.1 Å². The van der Waals surface area contributed by atoms with Crippen LogP contribution in [0.15, 0.2) is 42.7 Å². The van der Waals surface area contributed by atoms with E-state index in [1.807, 2.05) is 6.92 Å². The predicted octanol–water partition coefficient (Wildman–Crippen LogP) is 2.31. The lowest BCUT2D eigenvalue weighted by Crippen LogP contribution is -2.06. The maximum atomic E-state index is 10.7. The number of hydrogen-bond donors (Lipinski definition) is 1. The number of ether oxygens (including phenoxy) is 1. The largest absolute Gasteiger partial charge is 0.478 e. The van der Waals surface area contributed by atoms with E-state index in [0.29, 0.717) is 6.01 Å². The van der Waals surface area contributed by atoms with Gasteiger partial charge in [0.1, 0.15) is 6.10 Å². The van der Waals surface area contributed by atoms with Crippen molar-refractivity contribution < 1.29 is 14.6 Å². The van der Waals surface area contributed by atoms with Crippen molar-refractivity contribution in [3.8, 4) is 6.01 Å². The number of rotatable bonds is 4. The highest BCUT2D eigenvalue weighted by Gasteiger charge is 2.10. The quantitative estimate of drug-likeness (QED) is 0.893. The smallest absolute Gasteiger partial charge is 0.335 e. The van der Waals surface area contributed by atoms with Crippen molar-refractivity contribution in [1.82, 2.24) is 9.97 Å². The fraction of sp³-hybridized carbons (Fsp3) is 0.154. The average Bonchev–Trinajstić information content (AvgIpc) is 2.40. The molecule has 1 aromatic heterocycles. The second-order valence-electron chi connectivity index (χ2n) is 3.72. The molecule has 0 bridgehead atoms. The van der Waals surface area contributed by atoms with Gasteiger partial charge in [-0.05, 0) is 30.7 Å². The monoisotopic (exact) mass is 244 g/mol. The molecular weight excluding hydrogens is 232 g/mol. The Morgan fingerprint density at radius 3 is 2.39 bits per heavy atom. The molecule has 0 aliphatic carbocycles. The molecule has 5 heteroatoms. The van der Waals surface area contributed by atoms with Crippen LogP contribution >= 0.6 is 0 Å². The van der Waals surface area contributed by atoms with Crippen LogP contribution in [0.3, 0.4) is 0 Å². The molecule has 1 unspecified atom stereocenters. The first-order valence-electron chi connectivity index (χ1n) is 5.44. The third-order valence-corrected chi connectivity index (χ3v) is 2.45. The summed E-state index contributed by atoms with van der Waals surface area (Å²) < 4.78 is 5.53. The number of aromatic carboxylic acids is 1. The molecule has 92 valence electrons. The van der Waals surface area contributed by atoms with Crippen LogP contribution < -0.4 is 4.74 Å². The topological polar surface area (TPSA) is 72.3 Å². The molecule has 0 spiro atoms. The Kier molecular flexibility index (Phi) is 3.52. The second-order valence-corrected chi connectivity index (χ2v) is 3.72. The van der Waals surface area contributed by atoms with Gasteiger partial charge < -0.3 is 9.84 Å². The normalized spacial score (nSPS) is 11.8. The molecule has 0 saturated heterocycles. The Morgan fingerprint density at radius 1 is 1.22 bits per heavy atom. The molecule has 2 aromatic rings. The standard InChI is InChI=1S/C13H12N2O3/c1-9(18-13-14-7-2-8-15-13)10-3-5-11(6-4-10)12(16)17/h2-9H,1H3,(H,16,17). The lowest BCUT2D eigenvalue weighted by Gasteiger charge is -2.13. The number of carbonyl (C=O) groups is 1. The molecule has 0 radical (unpaired) electrons. The summed E-state index contributed by atoms with van der Waals surface area (Å²) in [5.41, 5.74) is 1.12. The summed E-state index contributed by atoms with van der Waals surface area (Å²) in [5.74, 6) is -0.943. The minimum absolute atomic E-state index is 0.241. The molecule has 0 aliphatic rings. The summed E-state index contributed by atoms with van der Waals surface area (Å²) in [4.78, 5) is 18.6. The molecule has 5 nitrogen and oxygen atoms in total. The third-order valence-electron chi connectivity index (χ3n) is 2.45. The zero-order chi connectivity index (χ0) is 13.0. The summed E-state index contributed by atoms with van der Waals surface area (Å²) in [6, 6.07) is 8.53. The molecule has 1 atom stereocenters. The van der Waals surface area contributed by atoms with Crippen molar-refractivity contribution in [2.24, 2.45) is 0 Å². The van der Waals surface area contributed by atoms with Crippen LogP contribution in [0.5, 0.6) is 6.01 Å². The van der Waals surface area contributed by atoms with Crippen LogP contribution in [-0.2, 0) is 0 Å². The van der Waals surface area contributed by atoms with E-state index in [2.05, 4.69) is 9.97 Å². The summed E-state index contributed by atoms with van der Waals surface area (Å²) in [6.45, 7) is 1.85. The fourth-order valence-electron chi connectivity index (χ4n) is 1.47. The molecule has 0 aliphatic heterocycles. The van der Waals surface area contributed by atoms with Crippen LogP contribution in [0.4, 0.5) is 0 Å². The van der Waals surface area contributed by atoms with Gasteiger partial charge in [-0.25, -0.2) is 14.8 Å². The molecule has 0 amide bonds. The van der Waals surface area contributed by atoms with Crippen LogP contribution in [-0.4, -0.2) is 21.0 Å². The third kappa shape index (κ3) is 2.82. The molecule has 0 fully saturated rings. The van der Waals surface area contributed by atoms with Gasteiger partial charge in [0.05, 0.1) is 5.56 Å². The minimum Gasteiger partial charge on any atom is -0.478 e. The Morgan fingerprint density at radius 2 is 1.83 bits per heavy atom. The highest BCUT2D eigenvalue weighted by atomic mass is 16.5. The van der Waals surface area contributed by atoms with E-state index in [4.69, 9.17) is 9.84 Å². The van der Waals surface area contributed by atoms with Gasteiger partial charge in [0.2, 0.25) is 0 Å². The van der Waals surface area contributed by atoms with E-state index in [9.17, 15) is 4.79 Å². The highest BCUT2D eigenvalue weighted by molar-refractivity contribution is 5.87. The van der Waals surface area contributed by atoms with Crippen LogP contribution in [0.2, 0.25) is 0 Å². The number of hydrogen-bond acceptors (Lipinski definition) is 4. The van der Waals surface area contributed by atoms with E-state index in [-0.39, 0.29) is 11.7 Å². The van der Waals surface area contributed by atoms with E-state index in [1.54, 1.807) is 42.7 Å². The number of benzene rings is 1. The number of nitrogens with zero attached hydrogens (tertiary/aromatic N) is 2. The molecule has 1 N–H and O–H groups in total. The van der Waals surface area contributed by atoms with Gasteiger partial charge >= 0.3 is 12.0 Å². The van der Waals surface area contributed by atoms with Gasteiger partial charge in [0, 0.05) is 12.4 Å². The minimum atomic E-state index is -0.943. The fourth-order valence-corrected chi connectivity index (χ4v) is 1.47. The Balaban J connectivity index is 2.09. The first-order valence-corrected chi connectivity index (χ1v) is 5.44. The highest BCUT2D eigenvalue weighted by Crippen LogP contribution is 2.18. The number of carboxylic acids is 1. The van der Waals surface area contributed by atoms with Crippen molar-refractivity contribution in [3.63, 3.8) is 0 Å². The maximum absolute atomic E-state index is 10.7. The van der Waals surface area contributed by atoms with Gasteiger partial charge in [0.25, 0.3) is 0 Å². The first kappa shape index (κ1) is 12.0. The van der Waals surface area contributed by atoms with Gasteiger partial charge in [0.15, 0.2) is 0 Å². The Hall–Kier alpha value is -2.43. The van der Waals surface area contributed by atoms with Crippen molar-refractivity contribution in [3.05, 3.63) is 53.9 Å². The van der Waals surface area contributed by atoms with E-state index in [1.165, 1.54) is 0 Å². The second kappa shape index (κ2) is 5.27. The number of aromatic nitrogens is 2. The van der Waals surface area contributed by atoms with Gasteiger partial charge in [-0.2, -0.15) is 0 Å². The van der Waals surface area contributed by atoms with Crippen molar-refractivity contribution in [1.29, 1.82) is 0 Å². The molecule has 0 saturated carbocycles. The van der Waals surface area contributed by atoms with Crippen molar-refractivity contribution in [2.45, 2.75) is 13.0 Å². The number of carboxylic acid groups (broad SMARTS) is 1. The van der Waals surface area contributed by atoms with E-state index < -0.39 is 5.97 Å². The zero-order valence-electron chi connectivity index (χ0n) is 9.78. The summed E-state index contributed by atoms with van der Waals surface area (Å²) in [6.07, 6.45) is 2.96. The van der Waals surface area contributed by atoms with E-state index in [0.717, 1.165) is 5.56 Å². The lowest BCUT2D eigenvalue weighted by atomic mass is 10.1. The van der Waals surface area contributed by atoms with Gasteiger partial charge in [-0.15, -0.1) is 0 Å². The predicted molar refractivity (Wildman–Crippen MR) is 64.5 cm³/mol. The van der Waals surface area contributed by atoms with Gasteiger partial charge in [-0.3, -0.25) is 0 Å². The Labute approximate surface area is 104 Å². The van der Waals surface area contributed by atoms with E-state index >= 15 is 0 Å². The molecular formula is C13H12N2O3. The molecule has 1 heterocycles. The van der Waals surface area contributed by atoms with Crippen LogP contribution in [0, 0.1) is 0 Å². The molecule has 1 aromatic carbocycles. The van der Waals surface area contributed by atoms with Crippen LogP contribution in [0.1, 0.15) is 28.9 Å². The summed E-state index contributed by atoms with van der Waals surface area (Å²) in [7, 11) is 0. The molecule has 18 heavy (non-hydrogen) atoms. The van der Waals surface area contributed by atoms with Crippen molar-refractivity contribution >= 4 is 5.97 Å². The summed E-state index contributed by atoms with van der Waals surface area (Å²) >= 11 is 0. The zero-order valence-corrected chi connectivity index (χ0v) is 9.78. The van der Waals surface area contributed by atoms with Crippen molar-refractivity contribution in [2.75, 3.05) is 0 Å². The van der Waals surface area contributed by atoms with Crippen LogP contribution in [0.25, 0.3) is 0 Å². The Bertz CT molecular complexity index is 526. The SMILES string of the molecule is CC(Oc1ncccn1)c1ccc(C(=O)O)cc1. The lowest BCUT2D eigenvalue weighted by molar-refractivity contribution is 0.0696. The summed E-state index contributed by atoms with van der Waals surface area (Å²) in [5, 5.41) is 8.80. The maximum Gasteiger partial charge on any atom is 0.335 e. The first-order chi connectivity index (χ1) is 8.66. The molecule has 2 rings (SSSR count).